The summed E-state index contributed by atoms with van der Waals surface area (Å²) in [5.41, 5.74) is 2.11. The average Bonchev–Trinajstić information content (AvgIpc) is 2.46. The van der Waals surface area contributed by atoms with Crippen molar-refractivity contribution in [3.63, 3.8) is 0 Å². The molecule has 0 aromatic heterocycles. The van der Waals surface area contributed by atoms with E-state index in [0.29, 0.717) is 6.04 Å². The van der Waals surface area contributed by atoms with Crippen molar-refractivity contribution < 1.29 is 9.13 Å². The number of halogens is 1. The number of allylic oxidation sites excluding steroid dienone is 2. The van der Waals surface area contributed by atoms with Crippen LogP contribution in [0.15, 0.2) is 42.2 Å². The number of methoxy groups -OCH3 is 1. The van der Waals surface area contributed by atoms with Gasteiger partial charge < -0.3 is 15.0 Å². The van der Waals surface area contributed by atoms with Gasteiger partial charge in [-0.15, -0.1) is 0 Å². The van der Waals surface area contributed by atoms with E-state index in [4.69, 9.17) is 4.74 Å². The van der Waals surface area contributed by atoms with Gasteiger partial charge in [0.15, 0.2) is 11.6 Å². The third-order valence-corrected chi connectivity index (χ3v) is 3.32. The number of anilines is 1. The number of ether oxygens (including phenoxy) is 1. The molecule has 0 unspecified atom stereocenters. The predicted molar refractivity (Wildman–Crippen MR) is 80.4 cm³/mol. The molecule has 2 rings (SSSR count). The molecule has 0 spiro atoms. The number of rotatable bonds is 5. The van der Waals surface area contributed by atoms with Gasteiger partial charge in [0.2, 0.25) is 0 Å². The van der Waals surface area contributed by atoms with Crippen LogP contribution in [0.1, 0.15) is 20.3 Å². The molecule has 0 aliphatic carbocycles. The van der Waals surface area contributed by atoms with Gasteiger partial charge in [-0.2, -0.15) is 0 Å². The standard InChI is InChI=1S/C16H21FN2O/c1-12(2)19(11-13-6-4-5-9-18-13)14-7-8-15(17)16(10-14)20-3/h5-10,12,18H,4,11H2,1-3H3. The highest BCUT2D eigenvalue weighted by molar-refractivity contribution is 5.53. The second-order valence-corrected chi connectivity index (χ2v) is 5.05. The van der Waals surface area contributed by atoms with Crippen LogP contribution in [0, 0.1) is 5.82 Å². The molecular formula is C16H21FN2O. The molecule has 0 bridgehead atoms. The van der Waals surface area contributed by atoms with Gasteiger partial charge >= 0.3 is 0 Å². The molecular weight excluding hydrogens is 255 g/mol. The van der Waals surface area contributed by atoms with Crippen LogP contribution in [-0.2, 0) is 0 Å². The lowest BCUT2D eigenvalue weighted by Crippen LogP contribution is -2.35. The third-order valence-electron chi connectivity index (χ3n) is 3.32. The Labute approximate surface area is 119 Å². The van der Waals surface area contributed by atoms with Crippen molar-refractivity contribution in [1.82, 2.24) is 5.32 Å². The summed E-state index contributed by atoms with van der Waals surface area (Å²) in [4.78, 5) is 2.21. The summed E-state index contributed by atoms with van der Waals surface area (Å²) in [6, 6.07) is 5.29. The SMILES string of the molecule is COc1cc(N(CC2=CCC=CN2)C(C)C)ccc1F. The van der Waals surface area contributed by atoms with E-state index in [1.165, 1.54) is 13.2 Å². The summed E-state index contributed by atoms with van der Waals surface area (Å²) in [5.74, 6) is -0.0588. The van der Waals surface area contributed by atoms with Crippen molar-refractivity contribution in [2.45, 2.75) is 26.3 Å². The number of benzene rings is 1. The van der Waals surface area contributed by atoms with Crippen molar-refractivity contribution in [3.8, 4) is 5.75 Å². The zero-order valence-electron chi connectivity index (χ0n) is 12.2. The van der Waals surface area contributed by atoms with Crippen LogP contribution in [0.2, 0.25) is 0 Å². The molecule has 0 saturated heterocycles. The second kappa shape index (κ2) is 6.46. The fourth-order valence-electron chi connectivity index (χ4n) is 2.20. The molecule has 1 aromatic rings. The lowest BCUT2D eigenvalue weighted by molar-refractivity contribution is 0.386. The topological polar surface area (TPSA) is 24.5 Å². The first-order chi connectivity index (χ1) is 9.61. The van der Waals surface area contributed by atoms with Crippen molar-refractivity contribution >= 4 is 5.69 Å². The zero-order valence-corrected chi connectivity index (χ0v) is 12.2. The van der Waals surface area contributed by atoms with Crippen LogP contribution >= 0.6 is 0 Å². The van der Waals surface area contributed by atoms with Gasteiger partial charge in [-0.3, -0.25) is 0 Å². The molecule has 1 aliphatic heterocycles. The Morgan fingerprint density at radius 3 is 2.80 bits per heavy atom. The summed E-state index contributed by atoms with van der Waals surface area (Å²) in [6.07, 6.45) is 7.14. The summed E-state index contributed by atoms with van der Waals surface area (Å²) in [6.45, 7) is 5.00. The van der Waals surface area contributed by atoms with E-state index < -0.39 is 0 Å². The van der Waals surface area contributed by atoms with Crippen LogP contribution in [0.4, 0.5) is 10.1 Å². The van der Waals surface area contributed by atoms with Gasteiger partial charge in [-0.05, 0) is 38.6 Å². The van der Waals surface area contributed by atoms with Crippen LogP contribution in [0.5, 0.6) is 5.75 Å². The summed E-state index contributed by atoms with van der Waals surface area (Å²) in [5, 5.41) is 3.25. The Hall–Kier alpha value is -1.97. The minimum absolute atomic E-state index is 0.277. The van der Waals surface area contributed by atoms with Crippen LogP contribution in [0.3, 0.4) is 0 Å². The van der Waals surface area contributed by atoms with E-state index in [1.807, 2.05) is 6.20 Å². The highest BCUT2D eigenvalue weighted by Crippen LogP contribution is 2.26. The van der Waals surface area contributed by atoms with Crippen LogP contribution in [0.25, 0.3) is 0 Å². The first kappa shape index (κ1) is 14.4. The first-order valence-corrected chi connectivity index (χ1v) is 6.82. The molecule has 0 fully saturated rings. The molecule has 1 aromatic carbocycles. The molecule has 0 radical (unpaired) electrons. The van der Waals surface area contributed by atoms with Gasteiger partial charge in [0.05, 0.1) is 13.7 Å². The number of hydrogen-bond donors (Lipinski definition) is 1. The van der Waals surface area contributed by atoms with Crippen LogP contribution < -0.4 is 15.0 Å². The average molecular weight is 276 g/mol. The third kappa shape index (κ3) is 3.32. The Kier molecular flexibility index (Phi) is 4.66. The van der Waals surface area contributed by atoms with E-state index in [9.17, 15) is 4.39 Å². The van der Waals surface area contributed by atoms with Gasteiger partial charge in [0.25, 0.3) is 0 Å². The fourth-order valence-corrected chi connectivity index (χ4v) is 2.20. The van der Waals surface area contributed by atoms with Crippen LogP contribution in [-0.4, -0.2) is 19.7 Å². The number of dihydropyridines is 1. The van der Waals surface area contributed by atoms with Crippen molar-refractivity contribution in [1.29, 1.82) is 0 Å². The maximum absolute atomic E-state index is 13.5. The van der Waals surface area contributed by atoms with Gasteiger partial charge in [-0.1, -0.05) is 12.2 Å². The predicted octanol–water partition coefficient (Wildman–Crippen LogP) is 3.44. The van der Waals surface area contributed by atoms with E-state index in [1.54, 1.807) is 12.1 Å². The fraction of sp³-hybridized carbons (Fsp3) is 0.375. The quantitative estimate of drug-likeness (QED) is 0.891. The Balaban J connectivity index is 2.22. The van der Waals surface area contributed by atoms with E-state index >= 15 is 0 Å². The van der Waals surface area contributed by atoms with Gasteiger partial charge in [0.1, 0.15) is 0 Å². The lowest BCUT2D eigenvalue weighted by atomic mass is 10.2. The number of hydrogen-bond acceptors (Lipinski definition) is 3. The zero-order chi connectivity index (χ0) is 14.5. The first-order valence-electron chi connectivity index (χ1n) is 6.82. The molecule has 20 heavy (non-hydrogen) atoms. The van der Waals surface area contributed by atoms with Crippen molar-refractivity contribution in [3.05, 3.63) is 48.1 Å². The molecule has 1 heterocycles. The molecule has 108 valence electrons. The molecule has 1 N–H and O–H groups in total. The molecule has 0 amide bonds. The number of nitrogens with zero attached hydrogens (tertiary/aromatic N) is 1. The smallest absolute Gasteiger partial charge is 0.165 e. The van der Waals surface area contributed by atoms with E-state index in [0.717, 1.165) is 24.4 Å². The minimum atomic E-state index is -0.335. The molecule has 1 aliphatic rings. The Bertz CT molecular complexity index is 523. The van der Waals surface area contributed by atoms with E-state index in [-0.39, 0.29) is 11.6 Å². The van der Waals surface area contributed by atoms with E-state index in [2.05, 4.69) is 36.2 Å². The van der Waals surface area contributed by atoms with Crippen molar-refractivity contribution in [2.75, 3.05) is 18.6 Å². The normalized spacial score (nSPS) is 13.9. The maximum atomic E-state index is 13.5. The highest BCUT2D eigenvalue weighted by atomic mass is 19.1. The Morgan fingerprint density at radius 1 is 1.40 bits per heavy atom. The highest BCUT2D eigenvalue weighted by Gasteiger charge is 2.15. The Morgan fingerprint density at radius 2 is 2.20 bits per heavy atom. The molecule has 0 saturated carbocycles. The van der Waals surface area contributed by atoms with Gasteiger partial charge in [-0.25, -0.2) is 4.39 Å². The summed E-state index contributed by atoms with van der Waals surface area (Å²) in [7, 11) is 1.48. The minimum Gasteiger partial charge on any atom is -0.494 e. The number of nitrogens with one attached hydrogen (secondary N) is 1. The summed E-state index contributed by atoms with van der Waals surface area (Å²) < 4.78 is 18.6. The largest absolute Gasteiger partial charge is 0.494 e. The molecule has 3 nitrogen and oxygen atoms in total. The summed E-state index contributed by atoms with van der Waals surface area (Å²) >= 11 is 0. The van der Waals surface area contributed by atoms with Crippen molar-refractivity contribution in [2.24, 2.45) is 0 Å². The second-order valence-electron chi connectivity index (χ2n) is 5.05. The maximum Gasteiger partial charge on any atom is 0.165 e. The van der Waals surface area contributed by atoms with Gasteiger partial charge in [0, 0.05) is 23.5 Å². The lowest BCUT2D eigenvalue weighted by Gasteiger charge is -2.31. The molecule has 4 heteroatoms. The molecule has 0 atom stereocenters. The monoisotopic (exact) mass is 276 g/mol.